The molecular formula is C27H46O5. The Morgan fingerprint density at radius 2 is 1.78 bits per heavy atom. The molecule has 3 N–H and O–H groups in total. The van der Waals surface area contributed by atoms with Gasteiger partial charge >= 0.3 is 5.97 Å². The average Bonchev–Trinajstić information content (AvgIpc) is 3.03. The maximum Gasteiger partial charge on any atom is 0.306 e. The number of esters is 1. The topological polar surface area (TPSA) is 87.0 Å². The number of aliphatic hydroxyl groups is 3. The van der Waals surface area contributed by atoms with Gasteiger partial charge in [0, 0.05) is 6.42 Å². The van der Waals surface area contributed by atoms with Crippen molar-refractivity contribution in [1.29, 1.82) is 0 Å². The summed E-state index contributed by atoms with van der Waals surface area (Å²) in [6, 6.07) is 0. The Morgan fingerprint density at radius 3 is 2.47 bits per heavy atom. The van der Waals surface area contributed by atoms with Crippen molar-refractivity contribution in [3.05, 3.63) is 0 Å². The van der Waals surface area contributed by atoms with Crippen molar-refractivity contribution >= 4 is 5.97 Å². The van der Waals surface area contributed by atoms with Gasteiger partial charge in [-0.05, 0) is 119 Å². The number of ether oxygens (including phenoxy) is 1. The Kier molecular flexibility index (Phi) is 6.53. The van der Waals surface area contributed by atoms with Crippen LogP contribution in [0.3, 0.4) is 0 Å². The van der Waals surface area contributed by atoms with Crippen LogP contribution >= 0.6 is 0 Å². The summed E-state index contributed by atoms with van der Waals surface area (Å²) in [5.41, 5.74) is -1.02. The molecule has 0 amide bonds. The lowest BCUT2D eigenvalue weighted by molar-refractivity contribution is -0.200. The van der Waals surface area contributed by atoms with Crippen LogP contribution in [0.15, 0.2) is 0 Å². The lowest BCUT2D eigenvalue weighted by atomic mass is 9.45. The summed E-state index contributed by atoms with van der Waals surface area (Å²) >= 11 is 0. The van der Waals surface area contributed by atoms with E-state index in [1.54, 1.807) is 0 Å². The smallest absolute Gasteiger partial charge is 0.306 e. The second kappa shape index (κ2) is 8.53. The predicted molar refractivity (Wildman–Crippen MR) is 124 cm³/mol. The molecular weight excluding hydrogens is 404 g/mol. The molecule has 5 heteroatoms. The highest BCUT2D eigenvalue weighted by atomic mass is 16.6. The number of hydrogen-bond donors (Lipinski definition) is 3. The number of hydrogen-bond acceptors (Lipinski definition) is 5. The van der Waals surface area contributed by atoms with Gasteiger partial charge in [0.1, 0.15) is 5.60 Å². The fourth-order valence-corrected chi connectivity index (χ4v) is 8.61. The fourth-order valence-electron chi connectivity index (χ4n) is 8.61. The van der Waals surface area contributed by atoms with Crippen molar-refractivity contribution in [3.63, 3.8) is 0 Å². The van der Waals surface area contributed by atoms with Gasteiger partial charge in [-0.25, -0.2) is 0 Å². The standard InChI is InChI=1S/C27H46O5/c1-16(6-9-23(30)32-25(2,3)4)19-7-8-21-24-20(11-13-27(19,21)31)26(5)12-10-18(28)14-17(26)15-22(24)29/h16-22,24,28-29,31H,6-15H2,1-5H3. The van der Waals surface area contributed by atoms with E-state index in [1.807, 2.05) is 20.8 Å². The van der Waals surface area contributed by atoms with Gasteiger partial charge < -0.3 is 20.1 Å². The molecule has 10 atom stereocenters. The van der Waals surface area contributed by atoms with Crippen molar-refractivity contribution in [2.45, 2.75) is 122 Å². The minimum absolute atomic E-state index is 0.148. The van der Waals surface area contributed by atoms with Crippen molar-refractivity contribution in [1.82, 2.24) is 0 Å². The van der Waals surface area contributed by atoms with Gasteiger partial charge in [0.05, 0.1) is 17.8 Å². The fraction of sp³-hybridized carbons (Fsp3) is 0.963. The zero-order valence-electron chi connectivity index (χ0n) is 20.8. The highest BCUT2D eigenvalue weighted by Gasteiger charge is 2.64. The van der Waals surface area contributed by atoms with E-state index in [-0.39, 0.29) is 47.3 Å². The molecule has 4 aliphatic rings. The van der Waals surface area contributed by atoms with E-state index in [1.165, 1.54) is 0 Å². The molecule has 0 aromatic heterocycles. The second-order valence-corrected chi connectivity index (χ2v) is 13.0. The van der Waals surface area contributed by atoms with Crippen LogP contribution in [-0.2, 0) is 9.53 Å². The highest BCUT2D eigenvalue weighted by Crippen LogP contribution is 2.65. The minimum atomic E-state index is -0.729. The third-order valence-corrected chi connectivity index (χ3v) is 10.1. The van der Waals surface area contributed by atoms with E-state index in [4.69, 9.17) is 4.74 Å². The molecule has 4 aliphatic carbocycles. The summed E-state index contributed by atoms with van der Waals surface area (Å²) in [5, 5.41) is 33.5. The van der Waals surface area contributed by atoms with Crippen LogP contribution in [0, 0.1) is 40.9 Å². The van der Waals surface area contributed by atoms with Gasteiger partial charge in [-0.2, -0.15) is 0 Å². The van der Waals surface area contributed by atoms with Crippen molar-refractivity contribution in [2.75, 3.05) is 0 Å². The first-order chi connectivity index (χ1) is 14.8. The first-order valence-corrected chi connectivity index (χ1v) is 13.2. The summed E-state index contributed by atoms with van der Waals surface area (Å²) in [7, 11) is 0. The monoisotopic (exact) mass is 450 g/mol. The Labute approximate surface area is 194 Å². The van der Waals surface area contributed by atoms with Crippen molar-refractivity contribution in [3.8, 4) is 0 Å². The number of aliphatic hydroxyl groups excluding tert-OH is 2. The molecule has 4 fully saturated rings. The molecule has 0 aliphatic heterocycles. The predicted octanol–water partition coefficient (Wildman–Crippen LogP) is 4.46. The summed E-state index contributed by atoms with van der Waals surface area (Å²) < 4.78 is 5.48. The van der Waals surface area contributed by atoms with Crippen LogP contribution in [0.1, 0.15) is 98.8 Å². The Bertz CT molecular complexity index is 701. The highest BCUT2D eigenvalue weighted by molar-refractivity contribution is 5.69. The van der Waals surface area contributed by atoms with E-state index >= 15 is 0 Å². The lowest BCUT2D eigenvalue weighted by Gasteiger charge is -2.61. The molecule has 0 radical (unpaired) electrons. The van der Waals surface area contributed by atoms with Crippen LogP contribution < -0.4 is 0 Å². The molecule has 0 heterocycles. The molecule has 5 nitrogen and oxygen atoms in total. The van der Waals surface area contributed by atoms with Gasteiger partial charge in [-0.15, -0.1) is 0 Å². The molecule has 0 aromatic carbocycles. The third kappa shape index (κ3) is 4.27. The molecule has 0 saturated heterocycles. The molecule has 0 aromatic rings. The Hall–Kier alpha value is -0.650. The Balaban J connectivity index is 1.46. The van der Waals surface area contributed by atoms with Gasteiger partial charge in [-0.1, -0.05) is 13.8 Å². The van der Waals surface area contributed by atoms with E-state index < -0.39 is 11.2 Å². The van der Waals surface area contributed by atoms with Crippen molar-refractivity contribution < 1.29 is 24.9 Å². The van der Waals surface area contributed by atoms with Crippen LogP contribution in [0.4, 0.5) is 0 Å². The second-order valence-electron chi connectivity index (χ2n) is 13.0. The molecule has 4 saturated carbocycles. The molecule has 4 rings (SSSR count). The molecule has 0 spiro atoms. The minimum Gasteiger partial charge on any atom is -0.460 e. The Morgan fingerprint density at radius 1 is 1.06 bits per heavy atom. The maximum absolute atomic E-state index is 12.2. The summed E-state index contributed by atoms with van der Waals surface area (Å²) in [5.74, 6) is 1.41. The number of carbonyl (C=O) groups excluding carboxylic acids is 1. The van der Waals surface area contributed by atoms with Gasteiger partial charge in [0.25, 0.3) is 0 Å². The zero-order valence-corrected chi connectivity index (χ0v) is 20.8. The van der Waals surface area contributed by atoms with Crippen LogP contribution in [0.25, 0.3) is 0 Å². The van der Waals surface area contributed by atoms with Crippen LogP contribution in [0.5, 0.6) is 0 Å². The third-order valence-electron chi connectivity index (χ3n) is 10.1. The molecule has 10 unspecified atom stereocenters. The average molecular weight is 451 g/mol. The first kappa shape index (κ1) is 24.5. The van der Waals surface area contributed by atoms with Crippen LogP contribution in [-0.4, -0.2) is 44.7 Å². The van der Waals surface area contributed by atoms with E-state index in [0.29, 0.717) is 18.3 Å². The van der Waals surface area contributed by atoms with Crippen LogP contribution in [0.2, 0.25) is 0 Å². The lowest BCUT2D eigenvalue weighted by Crippen LogP contribution is -2.61. The van der Waals surface area contributed by atoms with E-state index in [0.717, 1.165) is 57.8 Å². The molecule has 32 heavy (non-hydrogen) atoms. The largest absolute Gasteiger partial charge is 0.460 e. The normalized spacial score (nSPS) is 47.2. The number of fused-ring (bicyclic) bond motifs is 5. The van der Waals surface area contributed by atoms with Gasteiger partial charge in [0.2, 0.25) is 0 Å². The molecule has 0 bridgehead atoms. The van der Waals surface area contributed by atoms with E-state index in [9.17, 15) is 20.1 Å². The van der Waals surface area contributed by atoms with E-state index in [2.05, 4.69) is 13.8 Å². The molecule has 184 valence electrons. The maximum atomic E-state index is 12.2. The summed E-state index contributed by atoms with van der Waals surface area (Å²) in [6.45, 7) is 10.3. The van der Waals surface area contributed by atoms with Gasteiger partial charge in [-0.3, -0.25) is 4.79 Å². The quantitative estimate of drug-likeness (QED) is 0.551. The van der Waals surface area contributed by atoms with Crippen molar-refractivity contribution in [2.24, 2.45) is 40.9 Å². The zero-order chi connectivity index (χ0) is 23.5. The SMILES string of the molecule is CC(CCC(=O)OC(C)(C)C)C1CCC2C3C(O)CC4CC(O)CCC4(C)C3CCC12O. The number of rotatable bonds is 4. The number of carbonyl (C=O) groups is 1. The first-order valence-electron chi connectivity index (χ1n) is 13.2. The van der Waals surface area contributed by atoms with Gasteiger partial charge in [0.15, 0.2) is 0 Å². The summed E-state index contributed by atoms with van der Waals surface area (Å²) in [4.78, 5) is 12.2. The summed E-state index contributed by atoms with van der Waals surface area (Å²) in [6.07, 6.45) is 7.73.